The lowest BCUT2D eigenvalue weighted by Gasteiger charge is -2.17. The Labute approximate surface area is 168 Å². The van der Waals surface area contributed by atoms with E-state index in [-0.39, 0.29) is 17.0 Å². The van der Waals surface area contributed by atoms with Gasteiger partial charge in [0.05, 0.1) is 0 Å². The first-order valence-corrected chi connectivity index (χ1v) is 9.53. The number of rotatable bonds is 8. The summed E-state index contributed by atoms with van der Waals surface area (Å²) in [5.41, 5.74) is 0.710. The molecule has 0 fully saturated rings. The fourth-order valence-corrected chi connectivity index (χ4v) is 2.85. The van der Waals surface area contributed by atoms with E-state index in [0.717, 1.165) is 12.8 Å². The molecule has 0 amide bonds. The highest BCUT2D eigenvalue weighted by molar-refractivity contribution is 6.01. The van der Waals surface area contributed by atoms with E-state index in [0.29, 0.717) is 17.7 Å². The van der Waals surface area contributed by atoms with Crippen LogP contribution in [0.1, 0.15) is 52.3 Å². The van der Waals surface area contributed by atoms with E-state index in [1.165, 1.54) is 16.8 Å². The Morgan fingerprint density at radius 3 is 2.28 bits per heavy atom. The highest BCUT2D eigenvalue weighted by atomic mass is 16.5. The molecule has 1 heterocycles. The van der Waals surface area contributed by atoms with Crippen LogP contribution in [0.25, 0.3) is 0 Å². The predicted octanol–water partition coefficient (Wildman–Crippen LogP) is 3.82. The van der Waals surface area contributed by atoms with Gasteiger partial charge in [-0.3, -0.25) is 9.59 Å². The fourth-order valence-electron chi connectivity index (χ4n) is 2.85. The number of carbonyl (C=O) groups is 2. The number of carbonyl (C=O) groups excluding carboxylic acids is 2. The van der Waals surface area contributed by atoms with Crippen LogP contribution in [0.2, 0.25) is 0 Å². The van der Waals surface area contributed by atoms with Crippen molar-refractivity contribution in [2.75, 3.05) is 0 Å². The zero-order valence-corrected chi connectivity index (χ0v) is 16.2. The minimum absolute atomic E-state index is 0.0116. The minimum Gasteiger partial charge on any atom is -0.444 e. The maximum atomic E-state index is 13.0. The van der Waals surface area contributed by atoms with Crippen LogP contribution in [0.5, 0.6) is 0 Å². The van der Waals surface area contributed by atoms with Crippen LogP contribution in [0.4, 0.5) is 0 Å². The molecule has 0 aliphatic carbocycles. The number of benzene rings is 2. The van der Waals surface area contributed by atoms with Gasteiger partial charge in [0, 0.05) is 23.7 Å². The van der Waals surface area contributed by atoms with Crippen molar-refractivity contribution >= 4 is 11.8 Å². The average Bonchev–Trinajstić information content (AvgIpc) is 2.77. The summed E-state index contributed by atoms with van der Waals surface area (Å²) in [6.07, 6.45) is 0.554. The van der Waals surface area contributed by atoms with Crippen LogP contribution in [0.3, 0.4) is 0 Å². The van der Waals surface area contributed by atoms with Crippen LogP contribution < -0.4 is 5.56 Å². The Kier molecular flexibility index (Phi) is 6.68. The normalized spacial score (nSPS) is 11.6. The van der Waals surface area contributed by atoms with Gasteiger partial charge >= 0.3 is 5.97 Å². The average molecular weight is 390 g/mol. The summed E-state index contributed by atoms with van der Waals surface area (Å²) in [5, 5.41) is 4.11. The molecule has 0 aliphatic rings. The third-order valence-corrected chi connectivity index (χ3v) is 4.42. The van der Waals surface area contributed by atoms with Crippen molar-refractivity contribution in [1.29, 1.82) is 0 Å². The van der Waals surface area contributed by atoms with Gasteiger partial charge in [-0.2, -0.15) is 5.10 Å². The standard InChI is InChI=1S/C23H22N2O4/c1-2-3-16-25-20(26)15-14-19(24-25)23(28)29-22(18-12-8-5-9-13-18)21(27)17-10-6-4-7-11-17/h4-15,22H,2-3,16H2,1H3. The first kappa shape index (κ1) is 20.2. The van der Waals surface area contributed by atoms with Crippen molar-refractivity contribution in [1.82, 2.24) is 9.78 Å². The van der Waals surface area contributed by atoms with Crippen LogP contribution in [-0.4, -0.2) is 21.5 Å². The molecule has 29 heavy (non-hydrogen) atoms. The number of aromatic nitrogens is 2. The number of nitrogens with zero attached hydrogens (tertiary/aromatic N) is 2. The Morgan fingerprint density at radius 2 is 1.62 bits per heavy atom. The van der Waals surface area contributed by atoms with E-state index in [1.54, 1.807) is 48.5 Å². The van der Waals surface area contributed by atoms with Crippen molar-refractivity contribution in [3.05, 3.63) is 100.0 Å². The second-order valence-corrected chi connectivity index (χ2v) is 6.56. The predicted molar refractivity (Wildman–Crippen MR) is 109 cm³/mol. The van der Waals surface area contributed by atoms with Gasteiger partial charge in [-0.1, -0.05) is 74.0 Å². The van der Waals surface area contributed by atoms with Gasteiger partial charge in [0.2, 0.25) is 5.78 Å². The van der Waals surface area contributed by atoms with Crippen molar-refractivity contribution < 1.29 is 14.3 Å². The van der Waals surface area contributed by atoms with E-state index in [9.17, 15) is 14.4 Å². The zero-order valence-electron chi connectivity index (χ0n) is 16.2. The number of aryl methyl sites for hydroxylation is 1. The molecule has 0 radical (unpaired) electrons. The second-order valence-electron chi connectivity index (χ2n) is 6.56. The molecule has 3 rings (SSSR count). The molecule has 0 spiro atoms. The van der Waals surface area contributed by atoms with Crippen molar-refractivity contribution in [3.8, 4) is 0 Å². The van der Waals surface area contributed by atoms with E-state index >= 15 is 0 Å². The lowest BCUT2D eigenvalue weighted by atomic mass is 10.00. The highest BCUT2D eigenvalue weighted by Crippen LogP contribution is 2.23. The van der Waals surface area contributed by atoms with Gasteiger partial charge in [0.25, 0.3) is 5.56 Å². The highest BCUT2D eigenvalue weighted by Gasteiger charge is 2.27. The molecule has 1 atom stereocenters. The SMILES string of the molecule is CCCCn1nc(C(=O)OC(C(=O)c2ccccc2)c2ccccc2)ccc1=O. The number of hydrogen-bond acceptors (Lipinski definition) is 5. The molecule has 0 saturated carbocycles. The third kappa shape index (κ3) is 5.04. The Hall–Kier alpha value is -3.54. The number of esters is 1. The third-order valence-electron chi connectivity index (χ3n) is 4.42. The summed E-state index contributed by atoms with van der Waals surface area (Å²) >= 11 is 0. The lowest BCUT2D eigenvalue weighted by molar-refractivity contribution is 0.0271. The molecule has 0 bridgehead atoms. The number of unbranched alkanes of at least 4 members (excludes halogenated alkanes) is 1. The van der Waals surface area contributed by atoms with Gasteiger partial charge < -0.3 is 4.74 Å². The van der Waals surface area contributed by atoms with Crippen LogP contribution in [0.15, 0.2) is 77.6 Å². The minimum atomic E-state index is -1.11. The second kappa shape index (κ2) is 9.59. The van der Waals surface area contributed by atoms with Crippen molar-refractivity contribution in [2.24, 2.45) is 0 Å². The largest absolute Gasteiger partial charge is 0.444 e. The summed E-state index contributed by atoms with van der Waals surface area (Å²) in [4.78, 5) is 37.7. The Balaban J connectivity index is 1.89. The van der Waals surface area contributed by atoms with E-state index in [4.69, 9.17) is 4.74 Å². The number of Topliss-reactive ketones (excluding diaryl/α,β-unsaturated/α-hetero) is 1. The van der Waals surface area contributed by atoms with E-state index in [2.05, 4.69) is 5.10 Å². The first-order chi connectivity index (χ1) is 14.1. The van der Waals surface area contributed by atoms with Gasteiger partial charge in [-0.05, 0) is 12.5 Å². The Bertz CT molecular complexity index is 1030. The van der Waals surface area contributed by atoms with Gasteiger partial charge in [-0.25, -0.2) is 9.48 Å². The van der Waals surface area contributed by atoms with Crippen LogP contribution in [0, 0.1) is 0 Å². The molecule has 1 unspecified atom stereocenters. The smallest absolute Gasteiger partial charge is 0.359 e. The first-order valence-electron chi connectivity index (χ1n) is 9.53. The summed E-state index contributed by atoms with van der Waals surface area (Å²) in [7, 11) is 0. The maximum Gasteiger partial charge on any atom is 0.359 e. The van der Waals surface area contributed by atoms with Crippen molar-refractivity contribution in [3.63, 3.8) is 0 Å². The molecule has 2 aromatic carbocycles. The molecule has 0 saturated heterocycles. The topological polar surface area (TPSA) is 78.3 Å². The summed E-state index contributed by atoms with van der Waals surface area (Å²) < 4.78 is 6.82. The van der Waals surface area contributed by atoms with E-state index in [1.807, 2.05) is 19.1 Å². The van der Waals surface area contributed by atoms with Crippen molar-refractivity contribution in [2.45, 2.75) is 32.4 Å². The van der Waals surface area contributed by atoms with Gasteiger partial charge in [0.15, 0.2) is 11.8 Å². The zero-order chi connectivity index (χ0) is 20.6. The number of ketones is 1. The summed E-state index contributed by atoms with van der Waals surface area (Å²) in [6, 6.07) is 20.1. The quantitative estimate of drug-likeness (QED) is 0.432. The van der Waals surface area contributed by atoms with Gasteiger partial charge in [0.1, 0.15) is 0 Å². The molecule has 0 N–H and O–H groups in total. The van der Waals surface area contributed by atoms with Crippen LogP contribution in [-0.2, 0) is 11.3 Å². The molecule has 148 valence electrons. The van der Waals surface area contributed by atoms with Crippen LogP contribution >= 0.6 is 0 Å². The molecule has 3 aromatic rings. The number of hydrogen-bond donors (Lipinski definition) is 0. The number of ether oxygens (including phenoxy) is 1. The summed E-state index contributed by atoms with van der Waals surface area (Å²) in [5.74, 6) is -1.09. The molecule has 1 aromatic heterocycles. The Morgan fingerprint density at radius 1 is 0.966 bits per heavy atom. The lowest BCUT2D eigenvalue weighted by Crippen LogP contribution is -2.26. The van der Waals surface area contributed by atoms with Gasteiger partial charge in [-0.15, -0.1) is 0 Å². The molecule has 6 heteroatoms. The fraction of sp³-hybridized carbons (Fsp3) is 0.217. The monoisotopic (exact) mass is 390 g/mol. The van der Waals surface area contributed by atoms with E-state index < -0.39 is 12.1 Å². The summed E-state index contributed by atoms with van der Waals surface area (Å²) in [6.45, 7) is 2.42. The molecule has 0 aliphatic heterocycles. The maximum absolute atomic E-state index is 13.0. The molecular formula is C23H22N2O4. The molecular weight excluding hydrogens is 368 g/mol. The molecule has 6 nitrogen and oxygen atoms in total.